The molecule has 0 heterocycles. The van der Waals surface area contributed by atoms with Gasteiger partial charge in [-0.15, -0.1) is 0 Å². The van der Waals surface area contributed by atoms with E-state index >= 15 is 0 Å². The van der Waals surface area contributed by atoms with E-state index in [0.717, 1.165) is 0 Å². The van der Waals surface area contributed by atoms with Crippen LogP contribution in [-0.2, 0) is 28.8 Å². The predicted molar refractivity (Wildman–Crippen MR) is 103 cm³/mol. The lowest BCUT2D eigenvalue weighted by molar-refractivity contribution is -0.143. The van der Waals surface area contributed by atoms with E-state index in [4.69, 9.17) is 21.7 Å². The Morgan fingerprint density at radius 2 is 1.37 bits per heavy atom. The number of thiol groups is 1. The number of hydrogen-bond donors (Lipinski definition) is 9. The van der Waals surface area contributed by atoms with Crippen molar-refractivity contribution in [3.63, 3.8) is 0 Å². The van der Waals surface area contributed by atoms with Crippen LogP contribution in [0.3, 0.4) is 0 Å². The summed E-state index contributed by atoms with van der Waals surface area (Å²) >= 11 is 3.81. The molecule has 10 N–H and O–H groups in total. The molecule has 4 unspecified atom stereocenters. The molecule has 0 rings (SSSR count). The van der Waals surface area contributed by atoms with Gasteiger partial charge in [-0.3, -0.25) is 24.0 Å². The van der Waals surface area contributed by atoms with Gasteiger partial charge < -0.3 is 42.7 Å². The minimum absolute atomic E-state index is 0.0865. The van der Waals surface area contributed by atoms with Crippen molar-refractivity contribution in [2.45, 2.75) is 43.4 Å². The monoisotopic (exact) mass is 451 g/mol. The van der Waals surface area contributed by atoms with E-state index in [-0.39, 0.29) is 18.6 Å². The van der Waals surface area contributed by atoms with Crippen LogP contribution in [0.25, 0.3) is 0 Å². The molecule has 0 aromatic heterocycles. The van der Waals surface area contributed by atoms with Gasteiger partial charge in [0.05, 0.1) is 19.1 Å². The minimum atomic E-state index is -1.67. The highest BCUT2D eigenvalue weighted by Gasteiger charge is 2.31. The van der Waals surface area contributed by atoms with Crippen LogP contribution in [0.5, 0.6) is 0 Å². The number of carbonyl (C=O) groups is 6. The Morgan fingerprint density at radius 1 is 0.867 bits per heavy atom. The van der Waals surface area contributed by atoms with E-state index in [0.29, 0.717) is 0 Å². The van der Waals surface area contributed by atoms with Crippen LogP contribution in [0.4, 0.5) is 0 Å². The molecule has 0 saturated carbocycles. The average molecular weight is 451 g/mol. The number of amides is 4. The molecule has 0 radical (unpaired) electrons. The lowest BCUT2D eigenvalue weighted by Gasteiger charge is -2.23. The molecule has 0 aromatic carbocycles. The summed E-state index contributed by atoms with van der Waals surface area (Å²) in [7, 11) is 0. The third kappa shape index (κ3) is 10.0. The van der Waals surface area contributed by atoms with Crippen LogP contribution in [0.2, 0.25) is 0 Å². The molecule has 0 bridgehead atoms. The second kappa shape index (κ2) is 13.3. The highest BCUT2D eigenvalue weighted by atomic mass is 32.1. The molecule has 4 atom stereocenters. The number of primary amides is 1. The van der Waals surface area contributed by atoms with Crippen molar-refractivity contribution in [1.82, 2.24) is 16.0 Å². The number of aliphatic carboxylic acids is 2. The summed E-state index contributed by atoms with van der Waals surface area (Å²) in [6, 6.07) is -5.96. The first-order chi connectivity index (χ1) is 13.9. The van der Waals surface area contributed by atoms with Gasteiger partial charge in [-0.1, -0.05) is 0 Å². The minimum Gasteiger partial charge on any atom is -0.481 e. The number of nitrogens with two attached hydrogens (primary N) is 2. The van der Waals surface area contributed by atoms with Crippen LogP contribution in [0, 0.1) is 0 Å². The maximum Gasteiger partial charge on any atom is 0.326 e. The Bertz CT molecular complexity index is 675. The normalized spacial score (nSPS) is 14.5. The fourth-order valence-corrected chi connectivity index (χ4v) is 2.19. The Labute approximate surface area is 176 Å². The van der Waals surface area contributed by atoms with Crippen molar-refractivity contribution >= 4 is 48.2 Å². The fraction of sp³-hybridized carbons (Fsp3) is 0.600. The molecular weight excluding hydrogens is 426 g/mol. The standard InChI is InChI=1S/C15H25N5O9S/c16-6(5-30)12(25)19-8(3-11(23)24)13(26)20-9(4-21)14(27)18-7(15(28)29)1-2-10(17)22/h6-9,21,30H,1-5,16H2,(H2,17,22)(H,18,27)(H,19,25)(H,20,26)(H,23,24)(H,28,29). The van der Waals surface area contributed by atoms with Crippen molar-refractivity contribution in [3.8, 4) is 0 Å². The third-order valence-corrected chi connectivity index (χ3v) is 4.05. The number of carboxylic acid groups (broad SMARTS) is 2. The van der Waals surface area contributed by atoms with Crippen molar-refractivity contribution < 1.29 is 44.1 Å². The molecule has 0 aliphatic rings. The Kier molecular flexibility index (Phi) is 12.0. The van der Waals surface area contributed by atoms with E-state index < -0.39 is 72.8 Å². The lowest BCUT2D eigenvalue weighted by atomic mass is 10.1. The molecule has 0 aliphatic carbocycles. The van der Waals surface area contributed by atoms with Gasteiger partial charge in [0, 0.05) is 12.2 Å². The summed E-state index contributed by atoms with van der Waals surface area (Å²) in [4.78, 5) is 69.3. The van der Waals surface area contributed by atoms with Crippen molar-refractivity contribution in [1.29, 1.82) is 0 Å². The van der Waals surface area contributed by atoms with Crippen LogP contribution in [0.15, 0.2) is 0 Å². The maximum atomic E-state index is 12.3. The number of rotatable bonds is 14. The number of aliphatic hydroxyl groups excluding tert-OH is 1. The molecule has 15 heteroatoms. The summed E-state index contributed by atoms with van der Waals surface area (Å²) < 4.78 is 0. The molecule has 30 heavy (non-hydrogen) atoms. The van der Waals surface area contributed by atoms with E-state index in [1.807, 2.05) is 10.6 Å². The first-order valence-corrected chi connectivity index (χ1v) is 9.17. The summed E-state index contributed by atoms with van der Waals surface area (Å²) in [5.41, 5.74) is 10.4. The van der Waals surface area contributed by atoms with Gasteiger partial charge in [-0.2, -0.15) is 12.6 Å². The van der Waals surface area contributed by atoms with E-state index in [1.54, 1.807) is 0 Å². The Balaban J connectivity index is 5.20. The SMILES string of the molecule is NC(=O)CCC(NC(=O)C(CO)NC(=O)C(CC(=O)O)NC(=O)C(N)CS)C(=O)O. The number of carbonyl (C=O) groups excluding carboxylic acids is 4. The Hall–Kier alpha value is -2.91. The Morgan fingerprint density at radius 3 is 1.80 bits per heavy atom. The van der Waals surface area contributed by atoms with E-state index in [2.05, 4.69) is 17.9 Å². The summed E-state index contributed by atoms with van der Waals surface area (Å²) in [5, 5.41) is 33.5. The van der Waals surface area contributed by atoms with Gasteiger partial charge in [-0.25, -0.2) is 4.79 Å². The second-order valence-corrected chi connectivity index (χ2v) is 6.46. The molecule has 0 fully saturated rings. The fourth-order valence-electron chi connectivity index (χ4n) is 2.03. The first kappa shape index (κ1) is 27.1. The van der Waals surface area contributed by atoms with E-state index in [9.17, 15) is 33.9 Å². The average Bonchev–Trinajstić information content (AvgIpc) is 2.66. The van der Waals surface area contributed by atoms with Gasteiger partial charge in [0.15, 0.2) is 0 Å². The molecule has 0 saturated heterocycles. The molecule has 14 nitrogen and oxygen atoms in total. The highest BCUT2D eigenvalue weighted by Crippen LogP contribution is 2.00. The second-order valence-electron chi connectivity index (χ2n) is 6.10. The van der Waals surface area contributed by atoms with Crippen LogP contribution >= 0.6 is 12.6 Å². The molecule has 0 spiro atoms. The number of hydrogen-bond acceptors (Lipinski definition) is 9. The highest BCUT2D eigenvalue weighted by molar-refractivity contribution is 7.80. The molecule has 4 amide bonds. The van der Waals surface area contributed by atoms with Crippen LogP contribution in [-0.4, -0.2) is 87.4 Å². The van der Waals surface area contributed by atoms with Gasteiger partial charge in [-0.05, 0) is 6.42 Å². The summed E-state index contributed by atoms with van der Waals surface area (Å²) in [6.45, 7) is -0.969. The number of carboxylic acids is 2. The van der Waals surface area contributed by atoms with Gasteiger partial charge in [0.1, 0.15) is 18.1 Å². The first-order valence-electron chi connectivity index (χ1n) is 8.54. The van der Waals surface area contributed by atoms with Crippen molar-refractivity contribution in [3.05, 3.63) is 0 Å². The molecular formula is C15H25N5O9S. The van der Waals surface area contributed by atoms with E-state index in [1.165, 1.54) is 0 Å². The van der Waals surface area contributed by atoms with Gasteiger partial charge >= 0.3 is 11.9 Å². The summed E-state index contributed by atoms with van der Waals surface area (Å²) in [6.07, 6.45) is -1.53. The predicted octanol–water partition coefficient (Wildman–Crippen LogP) is -4.48. The van der Waals surface area contributed by atoms with Gasteiger partial charge in [0.2, 0.25) is 23.6 Å². The summed E-state index contributed by atoms with van der Waals surface area (Å²) in [5.74, 6) is -6.92. The zero-order valence-electron chi connectivity index (χ0n) is 15.7. The van der Waals surface area contributed by atoms with Crippen LogP contribution < -0.4 is 27.4 Å². The zero-order chi connectivity index (χ0) is 23.4. The van der Waals surface area contributed by atoms with Crippen molar-refractivity contribution in [2.24, 2.45) is 11.5 Å². The number of nitrogens with one attached hydrogen (secondary N) is 3. The largest absolute Gasteiger partial charge is 0.481 e. The number of aliphatic hydroxyl groups is 1. The maximum absolute atomic E-state index is 12.3. The smallest absolute Gasteiger partial charge is 0.326 e. The molecule has 0 aromatic rings. The quantitative estimate of drug-likeness (QED) is 0.114. The topological polar surface area (TPSA) is 251 Å². The zero-order valence-corrected chi connectivity index (χ0v) is 16.6. The lowest BCUT2D eigenvalue weighted by Crippen LogP contribution is -2.58. The molecule has 0 aliphatic heterocycles. The molecule has 170 valence electrons. The van der Waals surface area contributed by atoms with Crippen LogP contribution in [0.1, 0.15) is 19.3 Å². The third-order valence-electron chi connectivity index (χ3n) is 3.65. The van der Waals surface area contributed by atoms with Crippen molar-refractivity contribution in [2.75, 3.05) is 12.4 Å². The van der Waals surface area contributed by atoms with Gasteiger partial charge in [0.25, 0.3) is 0 Å².